The molecular formula is C12H27ClO6Si. The Morgan fingerprint density at radius 2 is 1.60 bits per heavy atom. The van der Waals surface area contributed by atoms with Crippen LogP contribution in [-0.4, -0.2) is 54.4 Å². The zero-order chi connectivity index (χ0) is 15.3. The third-order valence-electron chi connectivity index (χ3n) is 2.14. The lowest BCUT2D eigenvalue weighted by Crippen LogP contribution is -2.42. The number of carbonyl (C=O) groups is 1. The topological polar surface area (TPSA) is 74.2 Å². The molecule has 0 aliphatic rings. The quantitative estimate of drug-likeness (QED) is 0.316. The molecule has 6 nitrogen and oxygen atoms in total. The van der Waals surface area contributed by atoms with Crippen molar-refractivity contribution >= 4 is 27.2 Å². The van der Waals surface area contributed by atoms with Gasteiger partial charge in [0.05, 0.1) is 6.61 Å². The van der Waals surface area contributed by atoms with Gasteiger partial charge in [-0.1, -0.05) is 6.58 Å². The number of hydrogen-bond donors (Lipinski definition) is 1. The second kappa shape index (κ2) is 15.0. The lowest BCUT2D eigenvalue weighted by molar-refractivity contribution is -0.139. The van der Waals surface area contributed by atoms with Gasteiger partial charge < -0.3 is 23.1 Å². The number of hydrogen-bond acceptors (Lipinski definition) is 6. The molecule has 0 aliphatic carbocycles. The van der Waals surface area contributed by atoms with E-state index in [1.165, 1.54) is 0 Å². The van der Waals surface area contributed by atoms with E-state index in [1.54, 1.807) is 35.2 Å². The van der Waals surface area contributed by atoms with Gasteiger partial charge in [0, 0.05) is 39.6 Å². The molecule has 0 unspecified atom stereocenters. The smallest absolute Gasteiger partial charge is 0.462 e. The third kappa shape index (κ3) is 11.4. The number of aliphatic hydroxyl groups is 1. The first kappa shape index (κ1) is 24.6. The van der Waals surface area contributed by atoms with Crippen molar-refractivity contribution in [1.82, 2.24) is 0 Å². The zero-order valence-electron chi connectivity index (χ0n) is 12.9. The van der Waals surface area contributed by atoms with Crippen molar-refractivity contribution in [3.63, 3.8) is 0 Å². The molecule has 0 heterocycles. The van der Waals surface area contributed by atoms with Crippen LogP contribution in [0, 0.1) is 0 Å². The maximum atomic E-state index is 11.1. The van der Waals surface area contributed by atoms with Gasteiger partial charge in [-0.25, -0.2) is 4.79 Å². The lowest BCUT2D eigenvalue weighted by Gasteiger charge is -2.24. The number of aliphatic hydroxyl groups excluding tert-OH is 1. The van der Waals surface area contributed by atoms with E-state index in [0.717, 1.165) is 0 Å². The van der Waals surface area contributed by atoms with Gasteiger partial charge >= 0.3 is 14.8 Å². The molecular weight excluding hydrogens is 304 g/mol. The summed E-state index contributed by atoms with van der Waals surface area (Å²) in [5, 5.41) is 7.57. The average Bonchev–Trinajstić information content (AvgIpc) is 2.40. The monoisotopic (exact) mass is 330 g/mol. The van der Waals surface area contributed by atoms with E-state index in [9.17, 15) is 4.79 Å². The first-order valence-electron chi connectivity index (χ1n) is 6.01. The molecule has 0 amide bonds. The Bertz CT molecular complexity index is 250. The largest absolute Gasteiger partial charge is 0.500 e. The molecule has 0 aliphatic heterocycles. The minimum atomic E-state index is -2.53. The van der Waals surface area contributed by atoms with E-state index in [4.69, 9.17) is 23.1 Å². The molecule has 0 saturated heterocycles. The fourth-order valence-corrected chi connectivity index (χ4v) is 2.82. The summed E-state index contributed by atoms with van der Waals surface area (Å²) in [7, 11) is 2.13. The van der Waals surface area contributed by atoms with Crippen LogP contribution in [0.1, 0.15) is 20.3 Å². The van der Waals surface area contributed by atoms with Crippen molar-refractivity contribution in [3.8, 4) is 0 Å². The van der Waals surface area contributed by atoms with Crippen LogP contribution >= 0.6 is 12.4 Å². The molecule has 8 heteroatoms. The van der Waals surface area contributed by atoms with E-state index >= 15 is 0 Å². The molecule has 1 N–H and O–H groups in total. The molecule has 0 aromatic rings. The average molecular weight is 331 g/mol. The summed E-state index contributed by atoms with van der Waals surface area (Å²) in [6, 6.07) is 0.611. The minimum Gasteiger partial charge on any atom is -0.462 e. The molecule has 0 aromatic heterocycles. The summed E-state index contributed by atoms with van der Waals surface area (Å²) in [6.45, 7) is 7.35. The fraction of sp³-hybridized carbons (Fsp3) is 0.750. The lowest BCUT2D eigenvalue weighted by atomic mass is 10.4. The molecule has 122 valence electrons. The van der Waals surface area contributed by atoms with E-state index in [0.29, 0.717) is 24.6 Å². The highest BCUT2D eigenvalue weighted by Gasteiger charge is 2.36. The summed E-state index contributed by atoms with van der Waals surface area (Å²) in [6.07, 6.45) is 0.640. The normalized spacial score (nSPS) is 9.90. The van der Waals surface area contributed by atoms with E-state index in [-0.39, 0.29) is 25.0 Å². The number of rotatable bonds is 8. The summed E-state index contributed by atoms with van der Waals surface area (Å²) in [5.74, 6) is -0.375. The Morgan fingerprint density at radius 3 is 1.90 bits per heavy atom. The van der Waals surface area contributed by atoms with Gasteiger partial charge in [-0.3, -0.25) is 0 Å². The van der Waals surface area contributed by atoms with Crippen LogP contribution in [0.15, 0.2) is 12.2 Å². The third-order valence-corrected chi connectivity index (χ3v) is 4.97. The molecule has 0 radical (unpaired) electrons. The van der Waals surface area contributed by atoms with Gasteiger partial charge in [0.2, 0.25) is 0 Å². The predicted molar refractivity (Wildman–Crippen MR) is 82.0 cm³/mol. The SMILES string of the molecule is C=C(C)C(=O)OCCC[Si](OC)(OC)OC.CCO.Cl. The Labute approximate surface area is 128 Å². The van der Waals surface area contributed by atoms with Crippen molar-refractivity contribution in [2.45, 2.75) is 26.3 Å². The van der Waals surface area contributed by atoms with Gasteiger partial charge in [-0.2, -0.15) is 0 Å². The van der Waals surface area contributed by atoms with Crippen LogP contribution in [0.4, 0.5) is 0 Å². The Balaban J connectivity index is -0.000000657. The Hall–Kier alpha value is -0.443. The van der Waals surface area contributed by atoms with Crippen molar-refractivity contribution in [2.75, 3.05) is 34.5 Å². The van der Waals surface area contributed by atoms with Gasteiger partial charge in [-0.05, 0) is 20.3 Å². The summed E-state index contributed by atoms with van der Waals surface area (Å²) in [5.41, 5.74) is 0.397. The van der Waals surface area contributed by atoms with Crippen LogP contribution in [0.25, 0.3) is 0 Å². The van der Waals surface area contributed by atoms with Crippen LogP contribution < -0.4 is 0 Å². The number of carbonyl (C=O) groups excluding carboxylic acids is 1. The van der Waals surface area contributed by atoms with Gasteiger partial charge in [0.25, 0.3) is 0 Å². The number of esters is 1. The maximum absolute atomic E-state index is 11.1. The minimum absolute atomic E-state index is 0. The molecule has 0 atom stereocenters. The summed E-state index contributed by atoms with van der Waals surface area (Å²) < 4.78 is 20.6. The van der Waals surface area contributed by atoms with E-state index in [1.807, 2.05) is 0 Å². The van der Waals surface area contributed by atoms with Gasteiger partial charge in [-0.15, -0.1) is 12.4 Å². The molecule has 0 spiro atoms. The second-order valence-corrected chi connectivity index (χ2v) is 6.72. The molecule has 0 saturated carbocycles. The van der Waals surface area contributed by atoms with E-state index in [2.05, 4.69) is 6.58 Å². The maximum Gasteiger partial charge on any atom is 0.500 e. The van der Waals surface area contributed by atoms with Gasteiger partial charge in [0.15, 0.2) is 0 Å². The van der Waals surface area contributed by atoms with Crippen molar-refractivity contribution in [2.24, 2.45) is 0 Å². The molecule has 20 heavy (non-hydrogen) atoms. The molecule has 0 aromatic carbocycles. The van der Waals surface area contributed by atoms with E-state index < -0.39 is 8.80 Å². The predicted octanol–water partition coefficient (Wildman–Crippen LogP) is 1.79. The highest BCUT2D eigenvalue weighted by molar-refractivity contribution is 6.60. The Kier molecular flexibility index (Phi) is 18.4. The molecule has 0 fully saturated rings. The highest BCUT2D eigenvalue weighted by atomic mass is 35.5. The highest BCUT2D eigenvalue weighted by Crippen LogP contribution is 2.14. The van der Waals surface area contributed by atoms with Crippen LogP contribution in [-0.2, 0) is 22.8 Å². The summed E-state index contributed by atoms with van der Waals surface area (Å²) >= 11 is 0. The molecule has 0 rings (SSSR count). The number of ether oxygens (including phenoxy) is 1. The zero-order valence-corrected chi connectivity index (χ0v) is 14.7. The van der Waals surface area contributed by atoms with Crippen LogP contribution in [0.3, 0.4) is 0 Å². The standard InChI is InChI=1S/C10H20O5Si.C2H6O.ClH/c1-9(2)10(11)15-7-6-8-16(12-3,13-4)14-5;1-2-3;/h1,6-8H2,2-5H3;3H,2H2,1H3;1H. The van der Waals surface area contributed by atoms with Crippen molar-refractivity contribution in [3.05, 3.63) is 12.2 Å². The fourth-order valence-electron chi connectivity index (χ4n) is 1.13. The van der Waals surface area contributed by atoms with Gasteiger partial charge in [0.1, 0.15) is 0 Å². The second-order valence-electron chi connectivity index (χ2n) is 3.63. The van der Waals surface area contributed by atoms with Crippen molar-refractivity contribution in [1.29, 1.82) is 0 Å². The first-order chi connectivity index (χ1) is 8.92. The number of halogens is 1. The summed E-state index contributed by atoms with van der Waals surface area (Å²) in [4.78, 5) is 11.1. The first-order valence-corrected chi connectivity index (χ1v) is 7.95. The Morgan fingerprint density at radius 1 is 1.20 bits per heavy atom. The van der Waals surface area contributed by atoms with Crippen LogP contribution in [0.5, 0.6) is 0 Å². The van der Waals surface area contributed by atoms with Crippen LogP contribution in [0.2, 0.25) is 6.04 Å². The van der Waals surface area contributed by atoms with Crippen molar-refractivity contribution < 1.29 is 27.9 Å². The molecule has 0 bridgehead atoms.